The van der Waals surface area contributed by atoms with Crippen LogP contribution in [0.2, 0.25) is 0 Å². The molecule has 0 fully saturated rings. The first-order valence-corrected chi connectivity index (χ1v) is 8.94. The predicted molar refractivity (Wildman–Crippen MR) is 96.1 cm³/mol. The van der Waals surface area contributed by atoms with Crippen molar-refractivity contribution in [1.29, 1.82) is 0 Å². The Morgan fingerprint density at radius 3 is 1.04 bits per heavy atom. The summed E-state index contributed by atoms with van der Waals surface area (Å²) in [6.45, 7) is 0. The molecule has 1 aromatic rings. The highest BCUT2D eigenvalue weighted by molar-refractivity contribution is 5.82. The third-order valence-electron chi connectivity index (χ3n) is 5.42. The molecule has 0 aromatic heterocycles. The molecule has 0 aliphatic heterocycles. The van der Waals surface area contributed by atoms with Gasteiger partial charge >= 0.3 is 0 Å². The lowest BCUT2D eigenvalue weighted by atomic mass is 9.91. The van der Waals surface area contributed by atoms with Crippen LogP contribution < -0.4 is 0 Å². The Bertz CT molecular complexity index is 629. The molecule has 0 saturated carbocycles. The van der Waals surface area contributed by atoms with Crippen molar-refractivity contribution < 1.29 is 15.3 Å². The second-order valence-corrected chi connectivity index (χ2v) is 7.06. The van der Waals surface area contributed by atoms with Gasteiger partial charge in [-0.05, 0) is 90.1 Å². The number of benzene rings is 1. The van der Waals surface area contributed by atoms with E-state index in [1.165, 1.54) is 0 Å². The summed E-state index contributed by atoms with van der Waals surface area (Å²) >= 11 is 0. The second-order valence-electron chi connectivity index (χ2n) is 7.06. The van der Waals surface area contributed by atoms with Gasteiger partial charge in [-0.2, -0.15) is 0 Å². The molecule has 4 rings (SSSR count). The molecule has 0 radical (unpaired) electrons. The molecule has 3 nitrogen and oxygen atoms in total. The van der Waals surface area contributed by atoms with Crippen molar-refractivity contribution in [2.24, 2.45) is 0 Å². The third kappa shape index (κ3) is 2.77. The molecule has 0 bridgehead atoms. The highest BCUT2D eigenvalue weighted by Crippen LogP contribution is 2.37. The normalized spacial score (nSPS) is 29.6. The Kier molecular flexibility index (Phi) is 4.17. The van der Waals surface area contributed by atoms with E-state index in [1.807, 2.05) is 0 Å². The summed E-state index contributed by atoms with van der Waals surface area (Å²) in [5, 5.41) is 30.8. The maximum Gasteiger partial charge on any atom is 0.0795 e. The van der Waals surface area contributed by atoms with Gasteiger partial charge in [-0.3, -0.25) is 0 Å². The Balaban J connectivity index is 1.82. The molecule has 1 aromatic carbocycles. The molecular formula is C21H24O3. The molecule has 3 atom stereocenters. The molecule has 0 saturated heterocycles. The Morgan fingerprint density at radius 2 is 0.833 bits per heavy atom. The molecular weight excluding hydrogens is 300 g/mol. The van der Waals surface area contributed by atoms with Gasteiger partial charge in [-0.25, -0.2) is 0 Å². The van der Waals surface area contributed by atoms with Gasteiger partial charge in [0.15, 0.2) is 0 Å². The number of aliphatic hydroxyl groups is 3. The lowest BCUT2D eigenvalue weighted by Gasteiger charge is -2.17. The number of hydrogen-bond donors (Lipinski definition) is 3. The first-order valence-electron chi connectivity index (χ1n) is 8.94. The molecule has 0 unspecified atom stereocenters. The molecule has 0 heterocycles. The van der Waals surface area contributed by atoms with Crippen LogP contribution >= 0.6 is 0 Å². The zero-order chi connectivity index (χ0) is 16.7. The largest absolute Gasteiger partial charge is 0.388 e. The minimum Gasteiger partial charge on any atom is -0.388 e. The van der Waals surface area contributed by atoms with Crippen molar-refractivity contribution in [1.82, 2.24) is 0 Å². The van der Waals surface area contributed by atoms with E-state index in [2.05, 4.69) is 36.4 Å². The summed E-state index contributed by atoms with van der Waals surface area (Å²) in [4.78, 5) is 0. The van der Waals surface area contributed by atoms with Gasteiger partial charge < -0.3 is 15.3 Å². The monoisotopic (exact) mass is 324 g/mol. The summed E-state index contributed by atoms with van der Waals surface area (Å²) in [6.07, 6.45) is 10.1. The van der Waals surface area contributed by atoms with Gasteiger partial charge in [-0.1, -0.05) is 18.2 Å². The van der Waals surface area contributed by atoms with Gasteiger partial charge in [0, 0.05) is 0 Å². The summed E-state index contributed by atoms with van der Waals surface area (Å²) in [5.74, 6) is 0. The number of allylic oxidation sites excluding steroid dienone is 3. The van der Waals surface area contributed by atoms with Crippen molar-refractivity contribution in [2.75, 3.05) is 0 Å². The van der Waals surface area contributed by atoms with Gasteiger partial charge in [0.2, 0.25) is 0 Å². The summed E-state index contributed by atoms with van der Waals surface area (Å²) in [6, 6.07) is 6.23. The lowest BCUT2D eigenvalue weighted by molar-refractivity contribution is 0.231. The van der Waals surface area contributed by atoms with E-state index < -0.39 is 18.3 Å². The maximum absolute atomic E-state index is 10.3. The van der Waals surface area contributed by atoms with E-state index in [0.717, 1.165) is 71.9 Å². The minimum absolute atomic E-state index is 0.418. The molecule has 3 aliphatic carbocycles. The van der Waals surface area contributed by atoms with Crippen molar-refractivity contribution in [3.63, 3.8) is 0 Å². The fraction of sp³-hybridized carbons (Fsp3) is 0.429. The van der Waals surface area contributed by atoms with Crippen LogP contribution in [0.1, 0.15) is 55.2 Å². The quantitative estimate of drug-likeness (QED) is 0.799. The molecule has 0 amide bonds. The molecule has 24 heavy (non-hydrogen) atoms. The summed E-state index contributed by atoms with van der Waals surface area (Å²) in [7, 11) is 0. The first kappa shape index (κ1) is 15.8. The number of rotatable bonds is 3. The standard InChI is InChI=1S/C21H24O3/c22-19-7-1-4-16(19)13-10-14(17-5-2-8-20(17)23)12-15(11-13)18-6-3-9-21(18)24/h4-6,10-12,19-24H,1-3,7-9H2/t19-,20-,21-/m0/s1. The summed E-state index contributed by atoms with van der Waals surface area (Å²) < 4.78 is 0. The van der Waals surface area contributed by atoms with E-state index in [1.54, 1.807) is 0 Å². The molecule has 3 heteroatoms. The van der Waals surface area contributed by atoms with E-state index >= 15 is 0 Å². The van der Waals surface area contributed by atoms with Crippen LogP contribution in [-0.4, -0.2) is 33.6 Å². The molecule has 126 valence electrons. The van der Waals surface area contributed by atoms with Crippen LogP contribution in [0.25, 0.3) is 16.7 Å². The second kappa shape index (κ2) is 6.32. The fourth-order valence-corrected chi connectivity index (χ4v) is 4.12. The van der Waals surface area contributed by atoms with Crippen LogP contribution in [0, 0.1) is 0 Å². The SMILES string of the molecule is O[C@H]1CCC=C1c1cc(C2=CCC[C@@H]2O)cc(C2=CCC[C@@H]2O)c1. The Labute approximate surface area is 142 Å². The maximum atomic E-state index is 10.3. The van der Waals surface area contributed by atoms with Crippen LogP contribution in [0.5, 0.6) is 0 Å². The molecule has 0 spiro atoms. The number of hydrogen-bond acceptors (Lipinski definition) is 3. The minimum atomic E-state index is -0.418. The fourth-order valence-electron chi connectivity index (χ4n) is 4.12. The van der Waals surface area contributed by atoms with E-state index in [4.69, 9.17) is 0 Å². The lowest BCUT2D eigenvalue weighted by Crippen LogP contribution is -2.09. The van der Waals surface area contributed by atoms with Crippen LogP contribution in [0.15, 0.2) is 36.4 Å². The van der Waals surface area contributed by atoms with Crippen LogP contribution in [0.3, 0.4) is 0 Å². The predicted octanol–water partition coefficient (Wildman–Crippen LogP) is 3.30. The van der Waals surface area contributed by atoms with Crippen molar-refractivity contribution in [3.8, 4) is 0 Å². The van der Waals surface area contributed by atoms with Crippen LogP contribution in [0.4, 0.5) is 0 Å². The summed E-state index contributed by atoms with van der Waals surface area (Å²) in [5.41, 5.74) is 5.94. The molecule has 3 aliphatic rings. The zero-order valence-electron chi connectivity index (χ0n) is 13.8. The van der Waals surface area contributed by atoms with E-state index in [9.17, 15) is 15.3 Å². The average Bonchev–Trinajstić information content (AvgIpc) is 3.28. The average molecular weight is 324 g/mol. The Hall–Kier alpha value is -1.68. The van der Waals surface area contributed by atoms with Gasteiger partial charge in [0.1, 0.15) is 0 Å². The first-order chi connectivity index (χ1) is 11.6. The zero-order valence-corrected chi connectivity index (χ0v) is 13.8. The third-order valence-corrected chi connectivity index (χ3v) is 5.42. The van der Waals surface area contributed by atoms with E-state index in [-0.39, 0.29) is 0 Å². The topological polar surface area (TPSA) is 60.7 Å². The Morgan fingerprint density at radius 1 is 0.542 bits per heavy atom. The van der Waals surface area contributed by atoms with Gasteiger partial charge in [0.05, 0.1) is 18.3 Å². The highest BCUT2D eigenvalue weighted by Gasteiger charge is 2.25. The number of aliphatic hydroxyl groups excluding tert-OH is 3. The smallest absolute Gasteiger partial charge is 0.0795 e. The highest BCUT2D eigenvalue weighted by atomic mass is 16.3. The van der Waals surface area contributed by atoms with Crippen LogP contribution in [-0.2, 0) is 0 Å². The van der Waals surface area contributed by atoms with Gasteiger partial charge in [-0.15, -0.1) is 0 Å². The van der Waals surface area contributed by atoms with E-state index in [0.29, 0.717) is 0 Å². The van der Waals surface area contributed by atoms with Crippen molar-refractivity contribution in [2.45, 2.75) is 56.8 Å². The van der Waals surface area contributed by atoms with Gasteiger partial charge in [0.25, 0.3) is 0 Å². The van der Waals surface area contributed by atoms with Crippen molar-refractivity contribution >= 4 is 16.7 Å². The van der Waals surface area contributed by atoms with Crippen molar-refractivity contribution in [3.05, 3.63) is 53.1 Å². The molecule has 3 N–H and O–H groups in total.